The SMILES string of the molecule is Cc1cccn2c(=O)c(/C=C3\SC(=S)N(CCc4ccccc4)C3=O)c(N(C)Cc3ccccc3)nc12. The van der Waals surface area contributed by atoms with Gasteiger partial charge in [0.2, 0.25) is 0 Å². The van der Waals surface area contributed by atoms with Crippen LogP contribution in [-0.2, 0) is 17.8 Å². The lowest BCUT2D eigenvalue weighted by atomic mass is 10.1. The van der Waals surface area contributed by atoms with Crippen molar-refractivity contribution in [1.29, 1.82) is 0 Å². The molecule has 2 aromatic heterocycles. The van der Waals surface area contributed by atoms with Crippen LogP contribution in [0.3, 0.4) is 0 Å². The fraction of sp³-hybridized carbons (Fsp3) is 0.172. The summed E-state index contributed by atoms with van der Waals surface area (Å²) in [5.74, 6) is 0.342. The number of fused-ring (bicyclic) bond motifs is 1. The summed E-state index contributed by atoms with van der Waals surface area (Å²) in [7, 11) is 1.91. The summed E-state index contributed by atoms with van der Waals surface area (Å²) < 4.78 is 2.04. The van der Waals surface area contributed by atoms with Crippen LogP contribution < -0.4 is 10.5 Å². The second-order valence-electron chi connectivity index (χ2n) is 8.95. The zero-order chi connectivity index (χ0) is 25.9. The molecule has 1 fully saturated rings. The molecule has 3 heterocycles. The van der Waals surface area contributed by atoms with E-state index in [4.69, 9.17) is 17.2 Å². The molecule has 4 aromatic rings. The van der Waals surface area contributed by atoms with E-state index in [0.29, 0.717) is 45.8 Å². The number of carbonyl (C=O) groups is 1. The van der Waals surface area contributed by atoms with Crippen molar-refractivity contribution in [3.05, 3.63) is 117 Å². The Labute approximate surface area is 225 Å². The fourth-order valence-electron chi connectivity index (χ4n) is 4.36. The van der Waals surface area contributed by atoms with E-state index in [2.05, 4.69) is 0 Å². The Hall–Kier alpha value is -3.75. The van der Waals surface area contributed by atoms with Crippen LogP contribution in [0.2, 0.25) is 0 Å². The van der Waals surface area contributed by atoms with E-state index in [1.54, 1.807) is 17.2 Å². The number of anilines is 1. The summed E-state index contributed by atoms with van der Waals surface area (Å²) in [6.45, 7) is 2.98. The van der Waals surface area contributed by atoms with E-state index in [9.17, 15) is 9.59 Å². The minimum absolute atomic E-state index is 0.184. The van der Waals surface area contributed by atoms with Crippen molar-refractivity contribution in [1.82, 2.24) is 14.3 Å². The largest absolute Gasteiger partial charge is 0.355 e. The van der Waals surface area contributed by atoms with Crippen molar-refractivity contribution in [3.63, 3.8) is 0 Å². The van der Waals surface area contributed by atoms with Crippen LogP contribution in [0.15, 0.2) is 88.7 Å². The van der Waals surface area contributed by atoms with Crippen molar-refractivity contribution in [3.8, 4) is 0 Å². The van der Waals surface area contributed by atoms with Crippen molar-refractivity contribution in [2.75, 3.05) is 18.5 Å². The predicted molar refractivity (Wildman–Crippen MR) is 155 cm³/mol. The second-order valence-corrected chi connectivity index (χ2v) is 10.6. The van der Waals surface area contributed by atoms with Crippen molar-refractivity contribution in [2.24, 2.45) is 0 Å². The molecular weight excluding hydrogens is 500 g/mol. The monoisotopic (exact) mass is 526 g/mol. The van der Waals surface area contributed by atoms with Crippen molar-refractivity contribution < 1.29 is 4.79 Å². The average Bonchev–Trinajstić information content (AvgIpc) is 3.17. The van der Waals surface area contributed by atoms with Gasteiger partial charge in [-0.15, -0.1) is 0 Å². The van der Waals surface area contributed by atoms with Gasteiger partial charge >= 0.3 is 0 Å². The van der Waals surface area contributed by atoms with Crippen LogP contribution in [0.4, 0.5) is 5.82 Å². The van der Waals surface area contributed by atoms with Gasteiger partial charge < -0.3 is 4.90 Å². The minimum Gasteiger partial charge on any atom is -0.355 e. The molecule has 0 aliphatic carbocycles. The number of hydrogen-bond donors (Lipinski definition) is 0. The van der Waals surface area contributed by atoms with Crippen LogP contribution in [-0.4, -0.2) is 38.1 Å². The maximum Gasteiger partial charge on any atom is 0.267 e. The molecule has 1 aliphatic heterocycles. The van der Waals surface area contributed by atoms with Crippen LogP contribution >= 0.6 is 24.0 Å². The van der Waals surface area contributed by atoms with E-state index in [-0.39, 0.29) is 11.5 Å². The van der Waals surface area contributed by atoms with Gasteiger partial charge in [-0.2, -0.15) is 0 Å². The average molecular weight is 527 g/mol. The molecule has 37 heavy (non-hydrogen) atoms. The fourth-order valence-corrected chi connectivity index (χ4v) is 5.65. The molecule has 5 rings (SSSR count). The molecule has 1 aliphatic rings. The number of thioether (sulfide) groups is 1. The number of amides is 1. The zero-order valence-corrected chi connectivity index (χ0v) is 22.3. The Morgan fingerprint density at radius 2 is 1.65 bits per heavy atom. The van der Waals surface area contributed by atoms with Gasteiger partial charge in [0.15, 0.2) is 0 Å². The van der Waals surface area contributed by atoms with Crippen LogP contribution in [0, 0.1) is 6.92 Å². The number of pyridine rings is 1. The molecule has 1 amide bonds. The van der Waals surface area contributed by atoms with Crippen molar-refractivity contribution >= 4 is 51.7 Å². The van der Waals surface area contributed by atoms with E-state index < -0.39 is 0 Å². The summed E-state index contributed by atoms with van der Waals surface area (Å²) in [6.07, 6.45) is 4.06. The van der Waals surface area contributed by atoms with Gasteiger partial charge in [-0.1, -0.05) is 90.7 Å². The molecule has 2 aromatic carbocycles. The molecule has 0 atom stereocenters. The van der Waals surface area contributed by atoms with Crippen LogP contribution in [0.1, 0.15) is 22.3 Å². The van der Waals surface area contributed by atoms with Crippen LogP contribution in [0.5, 0.6) is 0 Å². The van der Waals surface area contributed by atoms with Gasteiger partial charge in [-0.25, -0.2) is 4.98 Å². The van der Waals surface area contributed by atoms with Gasteiger partial charge in [0.05, 0.1) is 10.5 Å². The first kappa shape index (κ1) is 24.9. The highest BCUT2D eigenvalue weighted by atomic mass is 32.2. The lowest BCUT2D eigenvalue weighted by molar-refractivity contribution is -0.122. The van der Waals surface area contributed by atoms with Gasteiger partial charge in [0, 0.05) is 26.3 Å². The first-order valence-corrected chi connectivity index (χ1v) is 13.2. The van der Waals surface area contributed by atoms with Gasteiger partial charge in [-0.05, 0) is 42.2 Å². The maximum absolute atomic E-state index is 13.7. The minimum atomic E-state index is -0.224. The third-order valence-corrected chi connectivity index (χ3v) is 7.68. The summed E-state index contributed by atoms with van der Waals surface area (Å²) >= 11 is 6.77. The number of thiocarbonyl (C=S) groups is 1. The molecule has 1 saturated heterocycles. The number of aryl methyl sites for hydroxylation is 1. The van der Waals surface area contributed by atoms with E-state index in [1.165, 1.54) is 16.2 Å². The topological polar surface area (TPSA) is 57.9 Å². The molecule has 6 nitrogen and oxygen atoms in total. The van der Waals surface area contributed by atoms with Gasteiger partial charge in [-0.3, -0.25) is 18.9 Å². The van der Waals surface area contributed by atoms with Crippen molar-refractivity contribution in [2.45, 2.75) is 19.9 Å². The lowest BCUT2D eigenvalue weighted by Crippen LogP contribution is -2.30. The van der Waals surface area contributed by atoms with Gasteiger partial charge in [0.25, 0.3) is 11.5 Å². The lowest BCUT2D eigenvalue weighted by Gasteiger charge is -2.21. The molecule has 0 saturated carbocycles. The summed E-state index contributed by atoms with van der Waals surface area (Å²) in [5, 5.41) is 0. The molecule has 0 bridgehead atoms. The molecular formula is C29H26N4O2S2. The number of benzene rings is 2. The zero-order valence-electron chi connectivity index (χ0n) is 20.6. The van der Waals surface area contributed by atoms with Gasteiger partial charge in [0.1, 0.15) is 15.8 Å². The Bertz CT molecular complexity index is 1570. The van der Waals surface area contributed by atoms with E-state index >= 15 is 0 Å². The second kappa shape index (κ2) is 10.7. The highest BCUT2D eigenvalue weighted by Gasteiger charge is 2.32. The first-order valence-electron chi connectivity index (χ1n) is 12.0. The third kappa shape index (κ3) is 5.21. The molecule has 0 unspecified atom stereocenters. The van der Waals surface area contributed by atoms with Crippen LogP contribution in [0.25, 0.3) is 11.7 Å². The Kier molecular flexibility index (Phi) is 7.21. The molecule has 0 spiro atoms. The number of rotatable bonds is 7. The Morgan fingerprint density at radius 1 is 0.973 bits per heavy atom. The number of nitrogens with zero attached hydrogens (tertiary/aromatic N) is 4. The highest BCUT2D eigenvalue weighted by molar-refractivity contribution is 8.26. The third-order valence-electron chi connectivity index (χ3n) is 6.30. The standard InChI is InChI=1S/C29H26N4O2S2/c1-20-10-9-16-32-25(20)30-26(31(2)19-22-13-7-4-8-14-22)23(27(32)34)18-24-28(35)33(29(36)37-24)17-15-21-11-5-3-6-12-21/h3-14,16,18H,15,17,19H2,1-2H3/b24-18-. The maximum atomic E-state index is 13.7. The summed E-state index contributed by atoms with van der Waals surface area (Å²) in [5.41, 5.74) is 3.86. The molecule has 0 N–H and O–H groups in total. The quantitative estimate of drug-likeness (QED) is 0.247. The highest BCUT2D eigenvalue weighted by Crippen LogP contribution is 2.33. The molecule has 8 heteroatoms. The Balaban J connectivity index is 1.53. The number of carbonyl (C=O) groups excluding carboxylic acids is 1. The summed E-state index contributed by atoms with van der Waals surface area (Å²) in [6, 6.07) is 23.8. The van der Waals surface area contributed by atoms with E-state index in [1.807, 2.05) is 91.7 Å². The first-order chi connectivity index (χ1) is 17.9. The molecule has 186 valence electrons. The normalized spacial score (nSPS) is 14.6. The Morgan fingerprint density at radius 3 is 2.35 bits per heavy atom. The predicted octanol–water partition coefficient (Wildman–Crippen LogP) is 5.08. The summed E-state index contributed by atoms with van der Waals surface area (Å²) in [4.78, 5) is 35.9. The smallest absolute Gasteiger partial charge is 0.267 e. The number of hydrogen-bond acceptors (Lipinski definition) is 6. The van der Waals surface area contributed by atoms with E-state index in [0.717, 1.165) is 16.7 Å². The number of aromatic nitrogens is 2. The molecule has 0 radical (unpaired) electrons.